The lowest BCUT2D eigenvalue weighted by Gasteiger charge is -2.12. The van der Waals surface area contributed by atoms with Crippen molar-refractivity contribution in [2.24, 2.45) is 5.10 Å². The van der Waals surface area contributed by atoms with Gasteiger partial charge in [0.15, 0.2) is 11.3 Å². The lowest BCUT2D eigenvalue weighted by molar-refractivity contribution is -0.141. The third-order valence-electron chi connectivity index (χ3n) is 3.62. The second-order valence-corrected chi connectivity index (χ2v) is 5.44. The summed E-state index contributed by atoms with van der Waals surface area (Å²) in [5.74, 6) is -0.995. The van der Waals surface area contributed by atoms with Gasteiger partial charge in [-0.1, -0.05) is 30.3 Å². The smallest absolute Gasteiger partial charge is 0.267 e. The van der Waals surface area contributed by atoms with E-state index in [1.807, 2.05) is 6.07 Å². The van der Waals surface area contributed by atoms with E-state index in [2.05, 4.69) is 20.5 Å². The molecule has 2 aromatic heterocycles. The summed E-state index contributed by atoms with van der Waals surface area (Å²) in [5.41, 5.74) is 1.38. The van der Waals surface area contributed by atoms with E-state index in [0.717, 1.165) is 11.6 Å². The summed E-state index contributed by atoms with van der Waals surface area (Å²) >= 11 is 0. The van der Waals surface area contributed by atoms with E-state index in [1.165, 1.54) is 12.3 Å². The molecule has 0 bridgehead atoms. The summed E-state index contributed by atoms with van der Waals surface area (Å²) in [7, 11) is 0. The van der Waals surface area contributed by atoms with Gasteiger partial charge in [-0.05, 0) is 30.7 Å². The van der Waals surface area contributed by atoms with Gasteiger partial charge in [-0.25, -0.2) is 15.4 Å². The van der Waals surface area contributed by atoms with Gasteiger partial charge in [0.1, 0.15) is 0 Å². The molecule has 5 nitrogen and oxygen atoms in total. The van der Waals surface area contributed by atoms with Crippen LogP contribution in [0.1, 0.15) is 28.5 Å². The molecule has 2 heterocycles. The molecule has 0 radical (unpaired) electrons. The molecule has 0 fully saturated rings. The Balaban J connectivity index is 1.97. The highest BCUT2D eigenvalue weighted by Crippen LogP contribution is 2.32. The zero-order valence-corrected chi connectivity index (χ0v) is 13.6. The SMILES string of the molecule is CC(=NNC(=O)c1cc2cccnc2nc1C(F)(F)F)c1ccccc1. The molecule has 1 amide bonds. The number of hydrogen-bond acceptors (Lipinski definition) is 4. The van der Waals surface area contributed by atoms with Crippen molar-refractivity contribution >= 4 is 22.7 Å². The first-order valence-electron chi connectivity index (χ1n) is 7.59. The maximum Gasteiger partial charge on any atom is 0.434 e. The zero-order chi connectivity index (χ0) is 18.7. The van der Waals surface area contributed by atoms with Crippen molar-refractivity contribution < 1.29 is 18.0 Å². The molecule has 0 aliphatic heterocycles. The van der Waals surface area contributed by atoms with E-state index in [4.69, 9.17) is 0 Å². The number of alkyl halides is 3. The maximum atomic E-state index is 13.3. The number of pyridine rings is 2. The fourth-order valence-electron chi connectivity index (χ4n) is 2.33. The lowest BCUT2D eigenvalue weighted by atomic mass is 10.1. The van der Waals surface area contributed by atoms with E-state index in [9.17, 15) is 18.0 Å². The van der Waals surface area contributed by atoms with Gasteiger partial charge in [0.05, 0.1) is 11.3 Å². The van der Waals surface area contributed by atoms with Crippen molar-refractivity contribution in [2.45, 2.75) is 13.1 Å². The van der Waals surface area contributed by atoms with Gasteiger partial charge in [-0.2, -0.15) is 18.3 Å². The summed E-state index contributed by atoms with van der Waals surface area (Å²) in [6.07, 6.45) is -3.46. The Hall–Kier alpha value is -3.29. The molecular weight excluding hydrogens is 345 g/mol. The molecule has 3 rings (SSSR count). The van der Waals surface area contributed by atoms with Gasteiger partial charge in [0.2, 0.25) is 0 Å². The molecule has 0 aliphatic carbocycles. The van der Waals surface area contributed by atoms with Gasteiger partial charge in [-0.3, -0.25) is 4.79 Å². The summed E-state index contributed by atoms with van der Waals surface area (Å²) < 4.78 is 39.9. The molecule has 1 N–H and O–H groups in total. The number of carbonyl (C=O) groups excluding carboxylic acids is 1. The lowest BCUT2D eigenvalue weighted by Crippen LogP contribution is -2.24. The largest absolute Gasteiger partial charge is 0.434 e. The summed E-state index contributed by atoms with van der Waals surface area (Å²) in [5, 5.41) is 4.21. The number of hydrogen-bond donors (Lipinski definition) is 1. The standard InChI is InChI=1S/C18H13F3N4O/c1-11(12-6-3-2-4-7-12)24-25-17(26)14-10-13-8-5-9-22-16(13)23-15(14)18(19,20)21/h2-10H,1H3,(H,25,26). The fourth-order valence-corrected chi connectivity index (χ4v) is 2.33. The Morgan fingerprint density at radius 1 is 1.12 bits per heavy atom. The zero-order valence-electron chi connectivity index (χ0n) is 13.6. The van der Waals surface area contributed by atoms with Crippen LogP contribution in [0.15, 0.2) is 59.8 Å². The van der Waals surface area contributed by atoms with Crippen molar-refractivity contribution in [3.8, 4) is 0 Å². The second kappa shape index (κ2) is 6.91. The normalized spacial score (nSPS) is 12.2. The van der Waals surface area contributed by atoms with Crippen LogP contribution in [-0.2, 0) is 6.18 Å². The van der Waals surface area contributed by atoms with E-state index >= 15 is 0 Å². The number of benzene rings is 1. The topological polar surface area (TPSA) is 67.2 Å². The van der Waals surface area contributed by atoms with Gasteiger partial charge < -0.3 is 0 Å². The Morgan fingerprint density at radius 2 is 1.85 bits per heavy atom. The monoisotopic (exact) mass is 358 g/mol. The highest BCUT2D eigenvalue weighted by Gasteiger charge is 2.38. The van der Waals surface area contributed by atoms with Crippen LogP contribution in [0.4, 0.5) is 13.2 Å². The third kappa shape index (κ3) is 3.69. The molecule has 0 aliphatic rings. The number of amides is 1. The molecule has 3 aromatic rings. The van der Waals surface area contributed by atoms with E-state index in [1.54, 1.807) is 37.3 Å². The van der Waals surface area contributed by atoms with Crippen LogP contribution >= 0.6 is 0 Å². The summed E-state index contributed by atoms with van der Waals surface area (Å²) in [4.78, 5) is 19.6. The van der Waals surface area contributed by atoms with Crippen molar-refractivity contribution in [3.05, 3.63) is 71.5 Å². The predicted molar refractivity (Wildman–Crippen MR) is 90.7 cm³/mol. The minimum atomic E-state index is -4.80. The minimum absolute atomic E-state index is 0.0830. The van der Waals surface area contributed by atoms with E-state index < -0.39 is 23.3 Å². The van der Waals surface area contributed by atoms with Crippen molar-refractivity contribution in [1.82, 2.24) is 15.4 Å². The third-order valence-corrected chi connectivity index (χ3v) is 3.62. The Kier molecular flexibility index (Phi) is 4.66. The van der Waals surface area contributed by atoms with Crippen molar-refractivity contribution in [3.63, 3.8) is 0 Å². The number of carbonyl (C=O) groups is 1. The quantitative estimate of drug-likeness (QED) is 0.572. The van der Waals surface area contributed by atoms with Crippen LogP contribution in [0.25, 0.3) is 11.0 Å². The van der Waals surface area contributed by atoms with Crippen LogP contribution in [0.2, 0.25) is 0 Å². The first kappa shape index (κ1) is 17.5. The minimum Gasteiger partial charge on any atom is -0.267 e. The molecule has 132 valence electrons. The first-order chi connectivity index (χ1) is 12.4. The van der Waals surface area contributed by atoms with Gasteiger partial charge in [-0.15, -0.1) is 0 Å². The number of hydrazone groups is 1. The molecule has 0 spiro atoms. The molecule has 0 unspecified atom stereocenters. The highest BCUT2D eigenvalue weighted by atomic mass is 19.4. The molecule has 8 heteroatoms. The van der Waals surface area contributed by atoms with Crippen LogP contribution in [0, 0.1) is 0 Å². The number of aromatic nitrogens is 2. The maximum absolute atomic E-state index is 13.3. The van der Waals surface area contributed by atoms with Crippen LogP contribution in [-0.4, -0.2) is 21.6 Å². The van der Waals surface area contributed by atoms with Crippen LogP contribution in [0.3, 0.4) is 0 Å². The van der Waals surface area contributed by atoms with Crippen LogP contribution in [0.5, 0.6) is 0 Å². The van der Waals surface area contributed by atoms with Gasteiger partial charge in [0.25, 0.3) is 5.91 Å². The van der Waals surface area contributed by atoms with Crippen molar-refractivity contribution in [1.29, 1.82) is 0 Å². The number of fused-ring (bicyclic) bond motifs is 1. The molecule has 0 atom stereocenters. The Labute approximate surface area is 146 Å². The Morgan fingerprint density at radius 3 is 2.54 bits per heavy atom. The average molecular weight is 358 g/mol. The molecule has 1 aromatic carbocycles. The Bertz CT molecular complexity index is 985. The summed E-state index contributed by atoms with van der Waals surface area (Å²) in [6.45, 7) is 1.64. The van der Waals surface area contributed by atoms with E-state index in [0.29, 0.717) is 11.1 Å². The molecular formula is C18H13F3N4O. The molecule has 26 heavy (non-hydrogen) atoms. The average Bonchev–Trinajstić information content (AvgIpc) is 2.64. The number of rotatable bonds is 3. The van der Waals surface area contributed by atoms with Gasteiger partial charge >= 0.3 is 6.18 Å². The van der Waals surface area contributed by atoms with Gasteiger partial charge in [0, 0.05) is 11.6 Å². The van der Waals surface area contributed by atoms with E-state index in [-0.39, 0.29) is 5.65 Å². The van der Waals surface area contributed by atoms with Crippen molar-refractivity contribution in [2.75, 3.05) is 0 Å². The molecule has 0 saturated heterocycles. The number of nitrogens with zero attached hydrogens (tertiary/aromatic N) is 3. The fraction of sp³-hybridized carbons (Fsp3) is 0.111. The second-order valence-electron chi connectivity index (χ2n) is 5.44. The predicted octanol–water partition coefficient (Wildman–Crippen LogP) is 3.80. The first-order valence-corrected chi connectivity index (χ1v) is 7.59. The summed E-state index contributed by atoms with van der Waals surface area (Å²) in [6, 6.07) is 13.1. The van der Waals surface area contributed by atoms with Crippen LogP contribution < -0.4 is 5.43 Å². The highest BCUT2D eigenvalue weighted by molar-refractivity contribution is 6.02. The molecule has 0 saturated carbocycles. The number of halogens is 3. The number of nitrogens with one attached hydrogen (secondary N) is 1.